The highest BCUT2D eigenvalue weighted by molar-refractivity contribution is 5.93. The van der Waals surface area contributed by atoms with Gasteiger partial charge in [-0.05, 0) is 13.3 Å². The van der Waals surface area contributed by atoms with Gasteiger partial charge in [-0.2, -0.15) is 0 Å². The van der Waals surface area contributed by atoms with Crippen molar-refractivity contribution in [2.75, 3.05) is 7.11 Å². The normalized spacial score (nSPS) is 12.4. The summed E-state index contributed by atoms with van der Waals surface area (Å²) in [5.74, 6) is 0.0157. The highest BCUT2D eigenvalue weighted by atomic mass is 16.5. The molecule has 0 N–H and O–H groups in total. The molecule has 0 aliphatic heterocycles. The van der Waals surface area contributed by atoms with Crippen LogP contribution in [0.4, 0.5) is 0 Å². The molecule has 4 heteroatoms. The number of Topliss-reactive ketones (excluding diaryl/α,β-unsaturated/α-hetero) is 1. The second kappa shape index (κ2) is 5.44. The number of carbonyl (C=O) groups excluding carboxylic acids is 1. The SMILES string of the molecule is COC(C)CCC(=O)c1cnccn1. The predicted octanol–water partition coefficient (Wildman–Crippen LogP) is 1.47. The Morgan fingerprint density at radius 3 is 2.93 bits per heavy atom. The number of ether oxygens (including phenoxy) is 1. The fourth-order valence-electron chi connectivity index (χ4n) is 1.02. The van der Waals surface area contributed by atoms with Gasteiger partial charge in [0.25, 0.3) is 0 Å². The lowest BCUT2D eigenvalue weighted by atomic mass is 10.1. The van der Waals surface area contributed by atoms with Crippen LogP contribution >= 0.6 is 0 Å². The maximum absolute atomic E-state index is 11.5. The van der Waals surface area contributed by atoms with E-state index in [1.165, 1.54) is 12.4 Å². The Morgan fingerprint density at radius 1 is 1.57 bits per heavy atom. The van der Waals surface area contributed by atoms with Crippen molar-refractivity contribution in [3.8, 4) is 0 Å². The topological polar surface area (TPSA) is 52.1 Å². The molecule has 0 aromatic carbocycles. The first-order chi connectivity index (χ1) is 6.74. The van der Waals surface area contributed by atoms with Gasteiger partial charge in [-0.25, -0.2) is 4.98 Å². The van der Waals surface area contributed by atoms with E-state index in [2.05, 4.69) is 9.97 Å². The lowest BCUT2D eigenvalue weighted by Gasteiger charge is -2.07. The van der Waals surface area contributed by atoms with Crippen molar-refractivity contribution < 1.29 is 9.53 Å². The molecule has 0 fully saturated rings. The molecule has 1 aromatic rings. The first kappa shape index (κ1) is 10.8. The average Bonchev–Trinajstić information content (AvgIpc) is 2.26. The van der Waals surface area contributed by atoms with Crippen LogP contribution in [0.5, 0.6) is 0 Å². The van der Waals surface area contributed by atoms with Crippen molar-refractivity contribution in [1.82, 2.24) is 9.97 Å². The largest absolute Gasteiger partial charge is 0.382 e. The summed E-state index contributed by atoms with van der Waals surface area (Å²) in [6.45, 7) is 1.93. The molecule has 1 rings (SSSR count). The molecule has 0 spiro atoms. The molecule has 14 heavy (non-hydrogen) atoms. The zero-order valence-electron chi connectivity index (χ0n) is 8.43. The van der Waals surface area contributed by atoms with E-state index in [0.29, 0.717) is 18.5 Å². The molecule has 1 atom stereocenters. The summed E-state index contributed by atoms with van der Waals surface area (Å²) in [5.41, 5.74) is 0.427. The standard InChI is InChI=1S/C10H14N2O2/c1-8(14-2)3-4-10(13)9-7-11-5-6-12-9/h5-8H,3-4H2,1-2H3. The number of hydrogen-bond donors (Lipinski definition) is 0. The van der Waals surface area contributed by atoms with Crippen LogP contribution in [0.15, 0.2) is 18.6 Å². The second-order valence-electron chi connectivity index (χ2n) is 3.10. The van der Waals surface area contributed by atoms with Gasteiger partial charge in [0, 0.05) is 25.9 Å². The molecule has 0 radical (unpaired) electrons. The number of carbonyl (C=O) groups is 1. The van der Waals surface area contributed by atoms with Crippen molar-refractivity contribution in [3.05, 3.63) is 24.3 Å². The zero-order chi connectivity index (χ0) is 10.4. The zero-order valence-corrected chi connectivity index (χ0v) is 8.43. The first-order valence-corrected chi connectivity index (χ1v) is 4.56. The van der Waals surface area contributed by atoms with Crippen molar-refractivity contribution in [3.63, 3.8) is 0 Å². The molecule has 0 amide bonds. The molecule has 0 aliphatic rings. The van der Waals surface area contributed by atoms with Gasteiger partial charge in [0.15, 0.2) is 5.78 Å². The molecule has 0 bridgehead atoms. The lowest BCUT2D eigenvalue weighted by molar-refractivity contribution is 0.0873. The summed E-state index contributed by atoms with van der Waals surface area (Å²) in [7, 11) is 1.64. The molecular weight excluding hydrogens is 180 g/mol. The minimum atomic E-state index is 0.0157. The number of methoxy groups -OCH3 is 1. The van der Waals surface area contributed by atoms with Gasteiger partial charge < -0.3 is 4.74 Å². The monoisotopic (exact) mass is 194 g/mol. The van der Waals surface area contributed by atoms with Gasteiger partial charge in [0.2, 0.25) is 0 Å². The van der Waals surface area contributed by atoms with E-state index in [0.717, 1.165) is 0 Å². The number of ketones is 1. The van der Waals surface area contributed by atoms with E-state index < -0.39 is 0 Å². The Hall–Kier alpha value is -1.29. The van der Waals surface area contributed by atoms with Crippen molar-refractivity contribution in [2.24, 2.45) is 0 Å². The van der Waals surface area contributed by atoms with E-state index >= 15 is 0 Å². The van der Waals surface area contributed by atoms with Crippen LogP contribution in [-0.4, -0.2) is 29.0 Å². The van der Waals surface area contributed by atoms with Crippen LogP contribution in [0, 0.1) is 0 Å². The number of rotatable bonds is 5. The Balaban J connectivity index is 2.44. The average molecular weight is 194 g/mol. The molecule has 4 nitrogen and oxygen atoms in total. The van der Waals surface area contributed by atoms with Gasteiger partial charge in [0.1, 0.15) is 5.69 Å². The van der Waals surface area contributed by atoms with Crippen molar-refractivity contribution in [1.29, 1.82) is 0 Å². The van der Waals surface area contributed by atoms with Crippen molar-refractivity contribution in [2.45, 2.75) is 25.9 Å². The highest BCUT2D eigenvalue weighted by Gasteiger charge is 2.09. The summed E-state index contributed by atoms with van der Waals surface area (Å²) < 4.78 is 5.05. The third kappa shape index (κ3) is 3.22. The molecule has 76 valence electrons. The Labute approximate surface area is 83.3 Å². The van der Waals surface area contributed by atoms with Crippen LogP contribution in [0.25, 0.3) is 0 Å². The Bertz CT molecular complexity index is 287. The summed E-state index contributed by atoms with van der Waals surface area (Å²) in [6, 6.07) is 0. The van der Waals surface area contributed by atoms with E-state index in [1.54, 1.807) is 13.3 Å². The maximum atomic E-state index is 11.5. The Kier molecular flexibility index (Phi) is 4.19. The fraction of sp³-hybridized carbons (Fsp3) is 0.500. The van der Waals surface area contributed by atoms with Crippen LogP contribution in [0.3, 0.4) is 0 Å². The lowest BCUT2D eigenvalue weighted by Crippen LogP contribution is -2.09. The van der Waals surface area contributed by atoms with Gasteiger partial charge in [-0.1, -0.05) is 0 Å². The molecule has 1 aromatic heterocycles. The summed E-state index contributed by atoms with van der Waals surface area (Å²) >= 11 is 0. The van der Waals surface area contributed by atoms with E-state index in [9.17, 15) is 4.79 Å². The van der Waals surface area contributed by atoms with Crippen LogP contribution < -0.4 is 0 Å². The van der Waals surface area contributed by atoms with Crippen LogP contribution in [-0.2, 0) is 4.74 Å². The van der Waals surface area contributed by atoms with Crippen molar-refractivity contribution >= 4 is 5.78 Å². The van der Waals surface area contributed by atoms with E-state index in [-0.39, 0.29) is 11.9 Å². The third-order valence-electron chi connectivity index (χ3n) is 2.03. The number of aromatic nitrogens is 2. The molecule has 0 aliphatic carbocycles. The van der Waals surface area contributed by atoms with Gasteiger partial charge in [-0.15, -0.1) is 0 Å². The smallest absolute Gasteiger partial charge is 0.182 e. The molecule has 0 saturated carbocycles. The highest BCUT2D eigenvalue weighted by Crippen LogP contribution is 2.05. The number of hydrogen-bond acceptors (Lipinski definition) is 4. The van der Waals surface area contributed by atoms with E-state index in [4.69, 9.17) is 4.74 Å². The van der Waals surface area contributed by atoms with Crippen LogP contribution in [0.1, 0.15) is 30.3 Å². The summed E-state index contributed by atoms with van der Waals surface area (Å²) in [4.78, 5) is 19.3. The summed E-state index contributed by atoms with van der Waals surface area (Å²) in [6.07, 6.45) is 5.83. The maximum Gasteiger partial charge on any atom is 0.182 e. The first-order valence-electron chi connectivity index (χ1n) is 4.56. The molecule has 1 unspecified atom stereocenters. The second-order valence-corrected chi connectivity index (χ2v) is 3.10. The Morgan fingerprint density at radius 2 is 2.36 bits per heavy atom. The molecular formula is C10H14N2O2. The molecule has 0 saturated heterocycles. The van der Waals surface area contributed by atoms with Crippen LogP contribution in [0.2, 0.25) is 0 Å². The number of nitrogens with zero attached hydrogens (tertiary/aromatic N) is 2. The fourth-order valence-corrected chi connectivity index (χ4v) is 1.02. The third-order valence-corrected chi connectivity index (χ3v) is 2.03. The van der Waals surface area contributed by atoms with E-state index in [1.807, 2.05) is 6.92 Å². The van der Waals surface area contributed by atoms with Gasteiger partial charge in [-0.3, -0.25) is 9.78 Å². The molecule has 1 heterocycles. The minimum absolute atomic E-state index is 0.0157. The minimum Gasteiger partial charge on any atom is -0.382 e. The van der Waals surface area contributed by atoms with Gasteiger partial charge in [0.05, 0.1) is 12.3 Å². The summed E-state index contributed by atoms with van der Waals surface area (Å²) in [5, 5.41) is 0. The predicted molar refractivity (Wildman–Crippen MR) is 52.1 cm³/mol. The quantitative estimate of drug-likeness (QED) is 0.666. The van der Waals surface area contributed by atoms with Gasteiger partial charge >= 0.3 is 0 Å².